The molecule has 1 N–H and O–H groups in total. The fraction of sp³-hybridized carbons (Fsp3) is 0.308. The molecule has 0 aliphatic rings. The van der Waals surface area contributed by atoms with Crippen molar-refractivity contribution < 1.29 is 13.6 Å². The lowest BCUT2D eigenvalue weighted by Gasteiger charge is -2.17. The zero-order valence-corrected chi connectivity index (χ0v) is 12.3. The second-order valence-electron chi connectivity index (χ2n) is 4.37. The van der Waals surface area contributed by atoms with Crippen LogP contribution in [0.2, 0.25) is 0 Å². The first-order valence-corrected chi connectivity index (χ1v) is 7.02. The zero-order chi connectivity index (χ0) is 15.4. The van der Waals surface area contributed by atoms with Gasteiger partial charge in [-0.25, -0.2) is 4.98 Å². The van der Waals surface area contributed by atoms with Gasteiger partial charge in [-0.3, -0.25) is 9.89 Å². The minimum absolute atomic E-state index is 0.205. The van der Waals surface area contributed by atoms with E-state index < -0.39 is 5.76 Å². The number of amides is 1. The molecule has 0 saturated carbocycles. The molecule has 1 aromatic heterocycles. The van der Waals surface area contributed by atoms with Crippen LogP contribution < -0.4 is 0 Å². The molecule has 1 heterocycles. The lowest BCUT2D eigenvalue weighted by atomic mass is 10.2. The molecule has 0 atom stereocenters. The van der Waals surface area contributed by atoms with Crippen molar-refractivity contribution in [3.63, 3.8) is 0 Å². The van der Waals surface area contributed by atoms with Crippen LogP contribution >= 0.6 is 11.8 Å². The molecule has 0 aliphatic heterocycles. The molecule has 8 heteroatoms. The highest BCUT2D eigenvalue weighted by Crippen LogP contribution is 2.29. The molecule has 0 fully saturated rings. The van der Waals surface area contributed by atoms with Gasteiger partial charge in [0.25, 0.3) is 11.7 Å². The number of nitrogens with zero attached hydrogens (tertiary/aromatic N) is 3. The zero-order valence-electron chi connectivity index (χ0n) is 11.5. The van der Waals surface area contributed by atoms with Crippen molar-refractivity contribution in [3.8, 4) is 0 Å². The van der Waals surface area contributed by atoms with Crippen LogP contribution in [-0.2, 0) is 6.54 Å². The van der Waals surface area contributed by atoms with Crippen LogP contribution in [0.3, 0.4) is 0 Å². The number of rotatable bonds is 5. The average molecular weight is 312 g/mol. The number of hydrogen-bond donors (Lipinski definition) is 1. The van der Waals surface area contributed by atoms with E-state index in [4.69, 9.17) is 0 Å². The van der Waals surface area contributed by atoms with Gasteiger partial charge in [0.1, 0.15) is 5.82 Å². The number of aromatic amines is 1. The highest BCUT2D eigenvalue weighted by atomic mass is 32.2. The Kier molecular flexibility index (Phi) is 4.89. The number of H-pyrrole nitrogens is 1. The molecule has 0 spiro atoms. The van der Waals surface area contributed by atoms with Crippen LogP contribution in [0.25, 0.3) is 0 Å². The lowest BCUT2D eigenvalue weighted by Crippen LogP contribution is -2.27. The Hall–Kier alpha value is -1.96. The van der Waals surface area contributed by atoms with E-state index in [0.717, 1.165) is 0 Å². The Bertz CT molecular complexity index is 632. The molecular weight excluding hydrogens is 298 g/mol. The molecule has 1 aromatic carbocycles. The SMILES string of the molecule is Cc1nc(CN(C)C(=O)c2ccccc2SC(F)F)n[nH]1. The number of carbonyl (C=O) groups is 1. The third-order valence-electron chi connectivity index (χ3n) is 2.70. The number of halogens is 2. The summed E-state index contributed by atoms with van der Waals surface area (Å²) in [6, 6.07) is 6.31. The van der Waals surface area contributed by atoms with Gasteiger partial charge in [-0.2, -0.15) is 13.9 Å². The van der Waals surface area contributed by atoms with Crippen LogP contribution in [0.4, 0.5) is 8.78 Å². The summed E-state index contributed by atoms with van der Waals surface area (Å²) in [7, 11) is 1.58. The van der Waals surface area contributed by atoms with Crippen LogP contribution in [0.1, 0.15) is 22.0 Å². The first-order chi connectivity index (χ1) is 9.97. The summed E-state index contributed by atoms with van der Waals surface area (Å²) < 4.78 is 25.1. The fourth-order valence-electron chi connectivity index (χ4n) is 1.79. The predicted molar refractivity (Wildman–Crippen MR) is 75.2 cm³/mol. The maximum Gasteiger partial charge on any atom is 0.288 e. The Labute approximate surface area is 124 Å². The number of benzene rings is 1. The Morgan fingerprint density at radius 2 is 2.14 bits per heavy atom. The second kappa shape index (κ2) is 6.66. The van der Waals surface area contributed by atoms with E-state index in [2.05, 4.69) is 15.2 Å². The second-order valence-corrected chi connectivity index (χ2v) is 5.40. The van der Waals surface area contributed by atoms with Gasteiger partial charge in [-0.1, -0.05) is 23.9 Å². The van der Waals surface area contributed by atoms with E-state index in [-0.39, 0.29) is 22.9 Å². The number of aryl methyl sites for hydroxylation is 1. The van der Waals surface area contributed by atoms with E-state index in [1.807, 2.05) is 0 Å². The quantitative estimate of drug-likeness (QED) is 0.862. The monoisotopic (exact) mass is 312 g/mol. The molecule has 2 rings (SSSR count). The highest BCUT2D eigenvalue weighted by Gasteiger charge is 2.19. The van der Waals surface area contributed by atoms with Crippen molar-refractivity contribution >= 4 is 17.7 Å². The largest absolute Gasteiger partial charge is 0.334 e. The number of hydrogen-bond acceptors (Lipinski definition) is 4. The smallest absolute Gasteiger partial charge is 0.288 e. The van der Waals surface area contributed by atoms with Crippen molar-refractivity contribution in [2.75, 3.05) is 7.05 Å². The van der Waals surface area contributed by atoms with Gasteiger partial charge in [-0.15, -0.1) is 0 Å². The topological polar surface area (TPSA) is 61.9 Å². The Morgan fingerprint density at radius 3 is 2.76 bits per heavy atom. The third-order valence-corrected chi connectivity index (χ3v) is 3.49. The average Bonchev–Trinajstić information content (AvgIpc) is 2.83. The van der Waals surface area contributed by atoms with E-state index >= 15 is 0 Å². The van der Waals surface area contributed by atoms with Crippen molar-refractivity contribution in [2.45, 2.75) is 24.1 Å². The van der Waals surface area contributed by atoms with Crippen molar-refractivity contribution in [3.05, 3.63) is 41.5 Å². The summed E-state index contributed by atoms with van der Waals surface area (Å²) in [6.45, 7) is 1.96. The number of aromatic nitrogens is 3. The molecule has 0 aliphatic carbocycles. The van der Waals surface area contributed by atoms with Crippen molar-refractivity contribution in [1.29, 1.82) is 0 Å². The molecule has 0 radical (unpaired) electrons. The van der Waals surface area contributed by atoms with Gasteiger partial charge in [0.15, 0.2) is 5.82 Å². The van der Waals surface area contributed by atoms with Gasteiger partial charge in [0.2, 0.25) is 0 Å². The van der Waals surface area contributed by atoms with Gasteiger partial charge in [0, 0.05) is 11.9 Å². The van der Waals surface area contributed by atoms with Gasteiger partial charge >= 0.3 is 0 Å². The predicted octanol–water partition coefficient (Wildman–Crippen LogP) is 2.70. The number of alkyl halides is 2. The van der Waals surface area contributed by atoms with Crippen LogP contribution in [0, 0.1) is 6.92 Å². The minimum atomic E-state index is -2.57. The van der Waals surface area contributed by atoms with E-state index in [9.17, 15) is 13.6 Å². The standard InChI is InChI=1S/C13H14F2N4OS/c1-8-16-11(18-17-8)7-19(2)12(20)9-5-3-4-6-10(9)21-13(14)15/h3-6,13H,7H2,1-2H3,(H,16,17,18). The maximum absolute atomic E-state index is 12.5. The molecule has 0 saturated heterocycles. The number of nitrogens with one attached hydrogen (secondary N) is 1. The molecule has 112 valence electrons. The summed E-state index contributed by atoms with van der Waals surface area (Å²) in [5.41, 5.74) is 0.248. The summed E-state index contributed by atoms with van der Waals surface area (Å²) in [4.78, 5) is 18.1. The molecule has 1 amide bonds. The summed E-state index contributed by atoms with van der Waals surface area (Å²) in [5, 5.41) is 6.64. The van der Waals surface area contributed by atoms with Gasteiger partial charge in [-0.05, 0) is 19.1 Å². The van der Waals surface area contributed by atoms with Gasteiger partial charge in [0.05, 0.1) is 12.1 Å². The first-order valence-electron chi connectivity index (χ1n) is 6.14. The fourth-order valence-corrected chi connectivity index (χ4v) is 2.42. The summed E-state index contributed by atoms with van der Waals surface area (Å²) in [6.07, 6.45) is 0. The third kappa shape index (κ3) is 4.01. The summed E-state index contributed by atoms with van der Waals surface area (Å²) >= 11 is 0.363. The Morgan fingerprint density at radius 1 is 1.43 bits per heavy atom. The number of carbonyl (C=O) groups excluding carboxylic acids is 1. The maximum atomic E-state index is 12.5. The van der Waals surface area contributed by atoms with Crippen LogP contribution in [0.5, 0.6) is 0 Å². The molecule has 0 bridgehead atoms. The van der Waals surface area contributed by atoms with Gasteiger partial charge < -0.3 is 4.90 Å². The molecule has 2 aromatic rings. The molecule has 21 heavy (non-hydrogen) atoms. The van der Waals surface area contributed by atoms with Crippen molar-refractivity contribution in [2.24, 2.45) is 0 Å². The van der Waals surface area contributed by atoms with Crippen LogP contribution in [0.15, 0.2) is 29.2 Å². The minimum Gasteiger partial charge on any atom is -0.334 e. The molecule has 0 unspecified atom stereocenters. The molecule has 5 nitrogen and oxygen atoms in total. The molecular formula is C13H14F2N4OS. The van der Waals surface area contributed by atoms with E-state index in [1.54, 1.807) is 26.1 Å². The number of thioether (sulfide) groups is 1. The van der Waals surface area contributed by atoms with E-state index in [1.165, 1.54) is 17.0 Å². The summed E-state index contributed by atoms with van der Waals surface area (Å²) in [5.74, 6) is -1.79. The normalized spacial score (nSPS) is 10.9. The van der Waals surface area contributed by atoms with Crippen molar-refractivity contribution in [1.82, 2.24) is 20.1 Å². The Balaban J connectivity index is 2.15. The first kappa shape index (κ1) is 15.4. The lowest BCUT2D eigenvalue weighted by molar-refractivity contribution is 0.0778. The highest BCUT2D eigenvalue weighted by molar-refractivity contribution is 7.99. The van der Waals surface area contributed by atoms with E-state index in [0.29, 0.717) is 23.4 Å². The van der Waals surface area contributed by atoms with Crippen LogP contribution in [-0.4, -0.2) is 38.8 Å².